The third-order valence-electron chi connectivity index (χ3n) is 2.94. The summed E-state index contributed by atoms with van der Waals surface area (Å²) in [6.07, 6.45) is 8.53. The van der Waals surface area contributed by atoms with E-state index in [1.165, 1.54) is 54.9 Å². The van der Waals surface area contributed by atoms with Gasteiger partial charge in [0, 0.05) is 22.5 Å². The fraction of sp³-hybridized carbons (Fsp3) is 0.833. The first-order valence-corrected chi connectivity index (χ1v) is 8.14. The molecule has 2 rings (SSSR count). The quantitative estimate of drug-likeness (QED) is 0.551. The SMILES string of the molecule is C(OCCC1CSCCS1)=C1CCCC1. The van der Waals surface area contributed by atoms with Crippen molar-refractivity contribution in [2.24, 2.45) is 0 Å². The molecule has 1 heterocycles. The Hall–Kier alpha value is 0.240. The van der Waals surface area contributed by atoms with Crippen LogP contribution in [0.4, 0.5) is 0 Å². The molecule has 0 bridgehead atoms. The number of allylic oxidation sites excluding steroid dienone is 1. The third kappa shape index (κ3) is 4.31. The Kier molecular flexibility index (Phi) is 5.27. The summed E-state index contributed by atoms with van der Waals surface area (Å²) in [4.78, 5) is 0. The first-order valence-electron chi connectivity index (χ1n) is 5.94. The number of hydrogen-bond acceptors (Lipinski definition) is 3. The third-order valence-corrected chi connectivity index (χ3v) is 5.85. The molecule has 1 unspecified atom stereocenters. The Bertz CT molecular complexity index is 202. The van der Waals surface area contributed by atoms with Crippen molar-refractivity contribution in [1.82, 2.24) is 0 Å². The number of rotatable bonds is 4. The van der Waals surface area contributed by atoms with Crippen LogP contribution in [0.15, 0.2) is 11.8 Å². The molecule has 0 amide bonds. The number of thioether (sulfide) groups is 2. The van der Waals surface area contributed by atoms with Gasteiger partial charge >= 0.3 is 0 Å². The van der Waals surface area contributed by atoms with Crippen LogP contribution in [0.25, 0.3) is 0 Å². The number of hydrogen-bond donors (Lipinski definition) is 0. The van der Waals surface area contributed by atoms with E-state index in [2.05, 4.69) is 23.5 Å². The van der Waals surface area contributed by atoms with Crippen LogP contribution in [0.2, 0.25) is 0 Å². The second kappa shape index (κ2) is 6.74. The van der Waals surface area contributed by atoms with Gasteiger partial charge in [0.25, 0.3) is 0 Å². The van der Waals surface area contributed by atoms with E-state index in [1.54, 1.807) is 0 Å². The summed E-state index contributed by atoms with van der Waals surface area (Å²) in [6.45, 7) is 0.918. The van der Waals surface area contributed by atoms with E-state index < -0.39 is 0 Å². The summed E-state index contributed by atoms with van der Waals surface area (Å²) in [5, 5.41) is 0.839. The van der Waals surface area contributed by atoms with Crippen molar-refractivity contribution in [3.8, 4) is 0 Å². The van der Waals surface area contributed by atoms with Crippen LogP contribution in [-0.2, 0) is 4.74 Å². The topological polar surface area (TPSA) is 9.23 Å². The van der Waals surface area contributed by atoms with Gasteiger partial charge in [-0.1, -0.05) is 0 Å². The average molecular weight is 244 g/mol. The minimum atomic E-state index is 0.839. The summed E-state index contributed by atoms with van der Waals surface area (Å²) in [5.74, 6) is 3.99. The molecule has 0 spiro atoms. The summed E-state index contributed by atoms with van der Waals surface area (Å²) >= 11 is 4.22. The fourth-order valence-corrected chi connectivity index (χ4v) is 4.75. The molecule has 0 aromatic carbocycles. The average Bonchev–Trinajstić information content (AvgIpc) is 2.79. The molecule has 1 aliphatic heterocycles. The largest absolute Gasteiger partial charge is 0.501 e. The molecule has 0 N–H and O–H groups in total. The first-order chi connectivity index (χ1) is 7.45. The molecular weight excluding hydrogens is 224 g/mol. The zero-order valence-electron chi connectivity index (χ0n) is 9.24. The van der Waals surface area contributed by atoms with Crippen molar-refractivity contribution in [3.05, 3.63) is 11.8 Å². The van der Waals surface area contributed by atoms with Crippen molar-refractivity contribution in [3.63, 3.8) is 0 Å². The molecule has 1 nitrogen and oxygen atoms in total. The summed E-state index contributed by atoms with van der Waals surface area (Å²) in [6, 6.07) is 0. The van der Waals surface area contributed by atoms with Crippen molar-refractivity contribution < 1.29 is 4.74 Å². The molecular formula is C12H20OS2. The molecule has 1 saturated carbocycles. The van der Waals surface area contributed by atoms with Gasteiger partial charge in [-0.25, -0.2) is 0 Å². The Labute approximate surface area is 101 Å². The number of ether oxygens (including phenoxy) is 1. The highest BCUT2D eigenvalue weighted by atomic mass is 32.2. The molecule has 0 aromatic rings. The first kappa shape index (κ1) is 11.7. The van der Waals surface area contributed by atoms with Crippen molar-refractivity contribution >= 4 is 23.5 Å². The molecule has 0 radical (unpaired) electrons. The smallest absolute Gasteiger partial charge is 0.0884 e. The lowest BCUT2D eigenvalue weighted by atomic mass is 10.3. The Morgan fingerprint density at radius 3 is 2.87 bits per heavy atom. The molecule has 3 heteroatoms. The lowest BCUT2D eigenvalue weighted by Crippen LogP contribution is -2.15. The maximum Gasteiger partial charge on any atom is 0.0884 e. The maximum absolute atomic E-state index is 5.64. The van der Waals surface area contributed by atoms with Gasteiger partial charge in [0.2, 0.25) is 0 Å². The van der Waals surface area contributed by atoms with Crippen LogP contribution in [0, 0.1) is 0 Å². The van der Waals surface area contributed by atoms with E-state index in [-0.39, 0.29) is 0 Å². The van der Waals surface area contributed by atoms with Crippen molar-refractivity contribution in [2.45, 2.75) is 37.4 Å². The van der Waals surface area contributed by atoms with Crippen LogP contribution < -0.4 is 0 Å². The van der Waals surface area contributed by atoms with Crippen LogP contribution >= 0.6 is 23.5 Å². The van der Waals surface area contributed by atoms with Crippen LogP contribution in [-0.4, -0.2) is 29.1 Å². The lowest BCUT2D eigenvalue weighted by Gasteiger charge is -2.20. The van der Waals surface area contributed by atoms with Gasteiger partial charge in [0.05, 0.1) is 12.9 Å². The predicted octanol–water partition coefficient (Wildman–Crippen LogP) is 3.70. The predicted molar refractivity (Wildman–Crippen MR) is 70.7 cm³/mol. The summed E-state index contributed by atoms with van der Waals surface area (Å²) < 4.78 is 5.64. The van der Waals surface area contributed by atoms with Crippen LogP contribution in [0.1, 0.15) is 32.1 Å². The molecule has 1 aliphatic carbocycles. The summed E-state index contributed by atoms with van der Waals surface area (Å²) in [5.41, 5.74) is 1.53. The van der Waals surface area contributed by atoms with E-state index in [0.717, 1.165) is 11.9 Å². The Morgan fingerprint density at radius 2 is 2.13 bits per heavy atom. The second-order valence-corrected chi connectivity index (χ2v) is 6.77. The van der Waals surface area contributed by atoms with Gasteiger partial charge in [0.15, 0.2) is 0 Å². The van der Waals surface area contributed by atoms with E-state index in [0.29, 0.717) is 0 Å². The van der Waals surface area contributed by atoms with Gasteiger partial charge < -0.3 is 4.74 Å². The monoisotopic (exact) mass is 244 g/mol. The zero-order valence-corrected chi connectivity index (χ0v) is 10.9. The van der Waals surface area contributed by atoms with Crippen LogP contribution in [0.5, 0.6) is 0 Å². The van der Waals surface area contributed by atoms with E-state index >= 15 is 0 Å². The van der Waals surface area contributed by atoms with E-state index in [9.17, 15) is 0 Å². The van der Waals surface area contributed by atoms with Crippen molar-refractivity contribution in [1.29, 1.82) is 0 Å². The molecule has 1 atom stereocenters. The lowest BCUT2D eigenvalue weighted by molar-refractivity contribution is 0.242. The van der Waals surface area contributed by atoms with Gasteiger partial charge in [-0.3, -0.25) is 0 Å². The zero-order chi connectivity index (χ0) is 10.3. The van der Waals surface area contributed by atoms with Crippen molar-refractivity contribution in [2.75, 3.05) is 23.9 Å². The minimum absolute atomic E-state index is 0.839. The van der Waals surface area contributed by atoms with Gasteiger partial charge in [0.1, 0.15) is 0 Å². The normalized spacial score (nSPS) is 26.7. The molecule has 2 aliphatic rings. The van der Waals surface area contributed by atoms with Gasteiger partial charge in [-0.05, 0) is 37.7 Å². The Morgan fingerprint density at radius 1 is 1.27 bits per heavy atom. The minimum Gasteiger partial charge on any atom is -0.501 e. The van der Waals surface area contributed by atoms with Gasteiger partial charge in [-0.15, -0.1) is 0 Å². The highest BCUT2D eigenvalue weighted by Gasteiger charge is 2.13. The van der Waals surface area contributed by atoms with Gasteiger partial charge in [-0.2, -0.15) is 23.5 Å². The Balaban J connectivity index is 1.55. The molecule has 86 valence electrons. The summed E-state index contributed by atoms with van der Waals surface area (Å²) in [7, 11) is 0. The van der Waals surface area contributed by atoms with Crippen LogP contribution in [0.3, 0.4) is 0 Å². The maximum atomic E-state index is 5.64. The fourth-order valence-electron chi connectivity index (χ4n) is 2.03. The molecule has 2 fully saturated rings. The molecule has 1 saturated heterocycles. The van der Waals surface area contributed by atoms with E-state index in [1.807, 2.05) is 6.26 Å². The molecule has 15 heavy (non-hydrogen) atoms. The standard InChI is InChI=1S/C12H20OS2/c1-2-4-11(3-1)9-13-6-5-12-10-14-7-8-15-12/h9,12H,1-8,10H2. The van der Waals surface area contributed by atoms with E-state index in [4.69, 9.17) is 4.74 Å². The molecule has 0 aromatic heterocycles. The highest BCUT2D eigenvalue weighted by molar-refractivity contribution is 8.06. The second-order valence-electron chi connectivity index (χ2n) is 4.21. The highest BCUT2D eigenvalue weighted by Crippen LogP contribution is 2.27.